The lowest BCUT2D eigenvalue weighted by molar-refractivity contribution is -0.0543. The van der Waals surface area contributed by atoms with E-state index in [0.29, 0.717) is 0 Å². The Morgan fingerprint density at radius 2 is 1.96 bits per heavy atom. The molecular weight excluding hydrogens is 295 g/mol. The van der Waals surface area contributed by atoms with Crippen molar-refractivity contribution in [2.45, 2.75) is 38.0 Å². The molecule has 0 radical (unpaired) electrons. The van der Waals surface area contributed by atoms with Gasteiger partial charge in [-0.2, -0.15) is 0 Å². The van der Waals surface area contributed by atoms with Crippen molar-refractivity contribution >= 4 is 0 Å². The van der Waals surface area contributed by atoms with E-state index in [0.717, 1.165) is 29.7 Å². The topological polar surface area (TPSA) is 57.4 Å². The molecular formula is C18H21FN2O2. The van der Waals surface area contributed by atoms with Crippen LogP contribution in [0.5, 0.6) is 5.75 Å². The van der Waals surface area contributed by atoms with Gasteiger partial charge >= 0.3 is 0 Å². The van der Waals surface area contributed by atoms with E-state index in [1.165, 1.54) is 13.2 Å². The molecule has 122 valence electrons. The number of pyridine rings is 1. The molecule has 2 aromatic rings. The highest BCUT2D eigenvalue weighted by molar-refractivity contribution is 5.63. The molecule has 1 saturated carbocycles. The highest BCUT2D eigenvalue weighted by atomic mass is 19.1. The number of benzene rings is 1. The lowest BCUT2D eigenvalue weighted by atomic mass is 9.90. The maximum absolute atomic E-state index is 13.8. The van der Waals surface area contributed by atoms with E-state index in [-0.39, 0.29) is 29.8 Å². The van der Waals surface area contributed by atoms with Crippen LogP contribution in [-0.4, -0.2) is 24.2 Å². The molecule has 1 aliphatic carbocycles. The number of nitrogens with zero attached hydrogens (tertiary/aromatic N) is 1. The Hall–Kier alpha value is -1.98. The fourth-order valence-electron chi connectivity index (χ4n) is 2.74. The largest absolute Gasteiger partial charge is 0.494 e. The van der Waals surface area contributed by atoms with E-state index in [2.05, 4.69) is 4.98 Å². The van der Waals surface area contributed by atoms with E-state index in [4.69, 9.17) is 15.2 Å². The number of hydrogen-bond donors (Lipinski definition) is 1. The smallest absolute Gasteiger partial charge is 0.165 e. The van der Waals surface area contributed by atoms with Crippen molar-refractivity contribution in [3.05, 3.63) is 48.0 Å². The number of hydrogen-bond acceptors (Lipinski definition) is 4. The van der Waals surface area contributed by atoms with Gasteiger partial charge in [0, 0.05) is 17.8 Å². The standard InChI is InChI=1S/C18H21FN2O2/c1-11(23-15-8-14(20)9-15)17-5-3-13(10-21-17)12-4-6-18(22-2)16(19)7-12/h3-7,10-11,14-15H,8-9,20H2,1-2H3. The summed E-state index contributed by atoms with van der Waals surface area (Å²) in [4.78, 5) is 4.45. The van der Waals surface area contributed by atoms with Crippen molar-refractivity contribution in [2.75, 3.05) is 7.11 Å². The minimum absolute atomic E-state index is 0.0749. The molecule has 0 amide bonds. The van der Waals surface area contributed by atoms with Gasteiger partial charge in [0.25, 0.3) is 0 Å². The zero-order chi connectivity index (χ0) is 16.4. The summed E-state index contributed by atoms with van der Waals surface area (Å²) in [5.74, 6) is -0.147. The second-order valence-electron chi connectivity index (χ2n) is 5.95. The maximum atomic E-state index is 13.8. The van der Waals surface area contributed by atoms with Crippen LogP contribution < -0.4 is 10.5 Å². The minimum atomic E-state index is -0.382. The number of methoxy groups -OCH3 is 1. The molecule has 1 aromatic carbocycles. The first kappa shape index (κ1) is 15.9. The first-order chi connectivity index (χ1) is 11.1. The van der Waals surface area contributed by atoms with Crippen LogP contribution in [0.15, 0.2) is 36.5 Å². The molecule has 3 rings (SSSR count). The van der Waals surface area contributed by atoms with Crippen LogP contribution in [0.25, 0.3) is 11.1 Å². The van der Waals surface area contributed by atoms with Gasteiger partial charge in [-0.25, -0.2) is 4.39 Å². The molecule has 5 heteroatoms. The van der Waals surface area contributed by atoms with Crippen LogP contribution in [0, 0.1) is 5.82 Å². The third-order valence-electron chi connectivity index (χ3n) is 4.22. The van der Waals surface area contributed by atoms with Crippen LogP contribution in [0.2, 0.25) is 0 Å². The summed E-state index contributed by atoms with van der Waals surface area (Å²) >= 11 is 0. The number of nitrogens with two attached hydrogens (primary N) is 1. The zero-order valence-corrected chi connectivity index (χ0v) is 13.3. The van der Waals surface area contributed by atoms with Crippen molar-refractivity contribution in [1.29, 1.82) is 0 Å². The van der Waals surface area contributed by atoms with Gasteiger partial charge in [0.1, 0.15) is 0 Å². The van der Waals surface area contributed by atoms with Gasteiger partial charge in [0.2, 0.25) is 0 Å². The summed E-state index contributed by atoms with van der Waals surface area (Å²) in [5, 5.41) is 0. The molecule has 0 bridgehead atoms. The first-order valence-electron chi connectivity index (χ1n) is 7.77. The lowest BCUT2D eigenvalue weighted by Gasteiger charge is -2.34. The second kappa shape index (κ2) is 6.64. The van der Waals surface area contributed by atoms with Crippen LogP contribution in [0.3, 0.4) is 0 Å². The van der Waals surface area contributed by atoms with E-state index >= 15 is 0 Å². The molecule has 1 aliphatic rings. The van der Waals surface area contributed by atoms with Crippen molar-refractivity contribution in [3.63, 3.8) is 0 Å². The summed E-state index contributed by atoms with van der Waals surface area (Å²) in [7, 11) is 1.45. The van der Waals surface area contributed by atoms with Gasteiger partial charge in [-0.15, -0.1) is 0 Å². The van der Waals surface area contributed by atoms with Crippen LogP contribution >= 0.6 is 0 Å². The second-order valence-corrected chi connectivity index (χ2v) is 5.95. The summed E-state index contributed by atoms with van der Waals surface area (Å²) in [6, 6.07) is 8.99. The third-order valence-corrected chi connectivity index (χ3v) is 4.22. The molecule has 1 aromatic heterocycles. The zero-order valence-electron chi connectivity index (χ0n) is 13.3. The lowest BCUT2D eigenvalue weighted by Crippen LogP contribution is -2.42. The summed E-state index contributed by atoms with van der Waals surface area (Å²) in [6.07, 6.45) is 3.72. The van der Waals surface area contributed by atoms with E-state index in [1.807, 2.05) is 25.1 Å². The predicted molar refractivity (Wildman–Crippen MR) is 86.7 cm³/mol. The Morgan fingerprint density at radius 1 is 1.22 bits per heavy atom. The number of aromatic nitrogens is 1. The van der Waals surface area contributed by atoms with Crippen LogP contribution in [0.4, 0.5) is 4.39 Å². The Labute approximate surface area is 135 Å². The van der Waals surface area contributed by atoms with Gasteiger partial charge in [-0.1, -0.05) is 12.1 Å². The van der Waals surface area contributed by atoms with Gasteiger partial charge in [0.05, 0.1) is 25.0 Å². The highest BCUT2D eigenvalue weighted by Gasteiger charge is 2.28. The molecule has 0 aliphatic heterocycles. The summed E-state index contributed by atoms with van der Waals surface area (Å²) < 4.78 is 24.6. The molecule has 0 spiro atoms. The highest BCUT2D eigenvalue weighted by Crippen LogP contribution is 2.29. The molecule has 23 heavy (non-hydrogen) atoms. The first-order valence-corrected chi connectivity index (χ1v) is 7.77. The molecule has 1 fully saturated rings. The summed E-state index contributed by atoms with van der Waals surface area (Å²) in [6.45, 7) is 1.99. The van der Waals surface area contributed by atoms with Gasteiger partial charge < -0.3 is 15.2 Å². The molecule has 1 unspecified atom stereocenters. The summed E-state index contributed by atoms with van der Waals surface area (Å²) in [5.41, 5.74) is 8.25. The molecule has 2 N–H and O–H groups in total. The predicted octanol–water partition coefficient (Wildman–Crippen LogP) is 3.46. The van der Waals surface area contributed by atoms with Gasteiger partial charge in [-0.3, -0.25) is 4.98 Å². The fraction of sp³-hybridized carbons (Fsp3) is 0.389. The van der Waals surface area contributed by atoms with E-state index < -0.39 is 0 Å². The monoisotopic (exact) mass is 316 g/mol. The average molecular weight is 316 g/mol. The van der Waals surface area contributed by atoms with Crippen molar-refractivity contribution in [2.24, 2.45) is 5.73 Å². The number of ether oxygens (including phenoxy) is 2. The van der Waals surface area contributed by atoms with Crippen LogP contribution in [-0.2, 0) is 4.74 Å². The third kappa shape index (κ3) is 3.51. The molecule has 4 nitrogen and oxygen atoms in total. The Bertz CT molecular complexity index is 669. The van der Waals surface area contributed by atoms with Crippen molar-refractivity contribution in [3.8, 4) is 16.9 Å². The number of rotatable bonds is 5. The molecule has 1 heterocycles. The minimum Gasteiger partial charge on any atom is -0.494 e. The van der Waals surface area contributed by atoms with E-state index in [9.17, 15) is 4.39 Å². The fourth-order valence-corrected chi connectivity index (χ4v) is 2.74. The molecule has 1 atom stereocenters. The quantitative estimate of drug-likeness (QED) is 0.918. The Kier molecular flexibility index (Phi) is 4.59. The number of halogens is 1. The van der Waals surface area contributed by atoms with Gasteiger partial charge in [0.15, 0.2) is 11.6 Å². The average Bonchev–Trinajstić information content (AvgIpc) is 2.53. The van der Waals surface area contributed by atoms with E-state index in [1.54, 1.807) is 12.3 Å². The Morgan fingerprint density at radius 3 is 2.52 bits per heavy atom. The van der Waals surface area contributed by atoms with Gasteiger partial charge in [-0.05, 0) is 43.5 Å². The van der Waals surface area contributed by atoms with Crippen molar-refractivity contribution < 1.29 is 13.9 Å². The normalized spacial score (nSPS) is 21.6. The molecule has 0 saturated heterocycles. The Balaban J connectivity index is 1.70. The van der Waals surface area contributed by atoms with Crippen molar-refractivity contribution in [1.82, 2.24) is 4.98 Å². The SMILES string of the molecule is COc1ccc(-c2ccc(C(C)OC3CC(N)C3)nc2)cc1F. The van der Waals surface area contributed by atoms with Crippen LogP contribution in [0.1, 0.15) is 31.6 Å². The maximum Gasteiger partial charge on any atom is 0.165 e.